The minimum Gasteiger partial charge on any atom is -0.543 e. The van der Waals surface area contributed by atoms with E-state index in [0.29, 0.717) is 28.6 Å². The van der Waals surface area contributed by atoms with Gasteiger partial charge in [-0.3, -0.25) is 4.79 Å². The fourth-order valence-corrected chi connectivity index (χ4v) is 3.28. The molecule has 0 saturated carbocycles. The molecule has 8 heteroatoms. The lowest BCUT2D eigenvalue weighted by Gasteiger charge is -2.20. The monoisotopic (exact) mass is 354 g/mol. The van der Waals surface area contributed by atoms with E-state index in [0.717, 1.165) is 16.5 Å². The first-order chi connectivity index (χ1) is 11.0. The van der Waals surface area contributed by atoms with Crippen LogP contribution in [0.5, 0.6) is 0 Å². The summed E-state index contributed by atoms with van der Waals surface area (Å²) in [6.07, 6.45) is 0. The van der Waals surface area contributed by atoms with Gasteiger partial charge in [0.1, 0.15) is 0 Å². The Kier molecular flexibility index (Phi) is 5.84. The van der Waals surface area contributed by atoms with Crippen molar-refractivity contribution >= 4 is 29.3 Å². The van der Waals surface area contributed by atoms with Crippen molar-refractivity contribution in [3.8, 4) is 11.3 Å². The van der Waals surface area contributed by atoms with Crippen molar-refractivity contribution in [3.05, 3.63) is 50.8 Å². The zero-order valence-electron chi connectivity index (χ0n) is 12.1. The molecule has 1 aromatic heterocycles. The van der Waals surface area contributed by atoms with E-state index in [4.69, 9.17) is 16.7 Å². The SMILES string of the molecule is O=C([O-])c1cc(=O)c2c([nH]1)-c1cc(Cl)ccc1SC2.[NH3+]CCO. The predicted octanol–water partition coefficient (Wildman–Crippen LogP) is -0.115. The van der Waals surface area contributed by atoms with E-state index in [2.05, 4.69) is 10.7 Å². The Morgan fingerprint density at radius 3 is 2.74 bits per heavy atom. The molecule has 0 fully saturated rings. The summed E-state index contributed by atoms with van der Waals surface area (Å²) in [5.41, 5.74) is 4.66. The number of halogens is 1. The Morgan fingerprint density at radius 1 is 1.43 bits per heavy atom. The molecule has 1 aromatic carbocycles. The number of nitrogens with one attached hydrogen (secondary N) is 1. The zero-order valence-corrected chi connectivity index (χ0v) is 13.7. The largest absolute Gasteiger partial charge is 0.543 e. The predicted molar refractivity (Wildman–Crippen MR) is 86.2 cm³/mol. The minimum atomic E-state index is -1.40. The summed E-state index contributed by atoms with van der Waals surface area (Å²) in [6, 6.07) is 6.40. The van der Waals surface area contributed by atoms with E-state index >= 15 is 0 Å². The minimum absolute atomic E-state index is 0.208. The molecule has 6 nitrogen and oxygen atoms in total. The number of quaternary nitrogens is 1. The average molecular weight is 355 g/mol. The Bertz CT molecular complexity index is 790. The Morgan fingerprint density at radius 2 is 2.13 bits per heavy atom. The summed E-state index contributed by atoms with van der Waals surface area (Å²) in [5.74, 6) is -0.895. The first-order valence-corrected chi connectivity index (χ1v) is 8.14. The average Bonchev–Trinajstić information content (AvgIpc) is 2.54. The highest BCUT2D eigenvalue weighted by molar-refractivity contribution is 7.98. The van der Waals surface area contributed by atoms with Crippen molar-refractivity contribution < 1.29 is 20.7 Å². The molecule has 1 aliphatic rings. The number of H-pyrrole nitrogens is 1. The zero-order chi connectivity index (χ0) is 17.0. The molecule has 122 valence electrons. The number of carboxylic acids is 1. The van der Waals surface area contributed by atoms with Gasteiger partial charge in [-0.15, -0.1) is 11.8 Å². The van der Waals surface area contributed by atoms with Crippen LogP contribution in [-0.4, -0.2) is 29.2 Å². The molecular formula is C15H15ClN2O4S. The third kappa shape index (κ3) is 3.94. The number of hydrogen-bond donors (Lipinski definition) is 3. The van der Waals surface area contributed by atoms with Crippen LogP contribution in [0.4, 0.5) is 0 Å². The van der Waals surface area contributed by atoms with Gasteiger partial charge in [0, 0.05) is 32.9 Å². The molecule has 0 radical (unpaired) electrons. The summed E-state index contributed by atoms with van der Waals surface area (Å²) >= 11 is 7.48. The number of aliphatic hydroxyl groups excluding tert-OH is 1. The Balaban J connectivity index is 0.000000433. The van der Waals surface area contributed by atoms with E-state index in [-0.39, 0.29) is 17.7 Å². The molecule has 2 aromatic rings. The summed E-state index contributed by atoms with van der Waals surface area (Å²) in [5, 5.41) is 19.3. The van der Waals surface area contributed by atoms with Crippen LogP contribution in [0.2, 0.25) is 5.02 Å². The lowest BCUT2D eigenvalue weighted by Crippen LogP contribution is -2.51. The normalized spacial score (nSPS) is 11.8. The standard InChI is InChI=1S/C13H8ClNO3S.C2H7NO/c14-6-1-2-11-7(3-6)12-8(5-19-11)10(16)4-9(15-12)13(17)18;3-1-2-4/h1-4H,5H2,(H,15,16)(H,17,18);4H,1-3H2. The number of thioether (sulfide) groups is 1. The van der Waals surface area contributed by atoms with Crippen LogP contribution in [0.15, 0.2) is 34.0 Å². The van der Waals surface area contributed by atoms with Gasteiger partial charge in [0.15, 0.2) is 5.43 Å². The highest BCUT2D eigenvalue weighted by atomic mass is 35.5. The van der Waals surface area contributed by atoms with Crippen LogP contribution < -0.4 is 16.3 Å². The summed E-state index contributed by atoms with van der Waals surface area (Å²) in [6.45, 7) is 0.833. The number of rotatable bonds is 2. The van der Waals surface area contributed by atoms with Gasteiger partial charge in [-0.1, -0.05) is 11.6 Å². The van der Waals surface area contributed by atoms with Gasteiger partial charge in [0.05, 0.1) is 30.5 Å². The van der Waals surface area contributed by atoms with Crippen molar-refractivity contribution in [1.82, 2.24) is 4.98 Å². The van der Waals surface area contributed by atoms with E-state index in [9.17, 15) is 14.7 Å². The van der Waals surface area contributed by atoms with Crippen LogP contribution in [0.3, 0.4) is 0 Å². The molecule has 0 saturated heterocycles. The van der Waals surface area contributed by atoms with Gasteiger partial charge in [0.2, 0.25) is 0 Å². The van der Waals surface area contributed by atoms with E-state index < -0.39 is 5.97 Å². The molecule has 0 amide bonds. The fourth-order valence-electron chi connectivity index (χ4n) is 2.04. The maximum absolute atomic E-state index is 11.9. The van der Waals surface area contributed by atoms with Gasteiger partial charge >= 0.3 is 0 Å². The number of carbonyl (C=O) groups is 1. The Labute approximate surface area is 141 Å². The van der Waals surface area contributed by atoms with Crippen LogP contribution in [0.25, 0.3) is 11.3 Å². The first kappa shape index (κ1) is 17.6. The summed E-state index contributed by atoms with van der Waals surface area (Å²) < 4.78 is 0. The maximum Gasteiger partial charge on any atom is 0.186 e. The van der Waals surface area contributed by atoms with Gasteiger partial charge in [-0.2, -0.15) is 0 Å². The van der Waals surface area contributed by atoms with Crippen molar-refractivity contribution in [2.75, 3.05) is 13.2 Å². The maximum atomic E-state index is 11.9. The van der Waals surface area contributed by atoms with Crippen LogP contribution in [0.1, 0.15) is 16.1 Å². The third-order valence-corrected chi connectivity index (χ3v) is 4.43. The number of aromatic amines is 1. The lowest BCUT2D eigenvalue weighted by atomic mass is 10.0. The topological polar surface area (TPSA) is 121 Å². The van der Waals surface area contributed by atoms with Crippen molar-refractivity contribution in [3.63, 3.8) is 0 Å². The number of carbonyl (C=O) groups excluding carboxylic acids is 1. The molecular weight excluding hydrogens is 340 g/mol. The summed E-state index contributed by atoms with van der Waals surface area (Å²) in [4.78, 5) is 26.5. The molecule has 3 rings (SSSR count). The van der Waals surface area contributed by atoms with E-state index in [1.54, 1.807) is 12.1 Å². The third-order valence-electron chi connectivity index (χ3n) is 3.10. The first-order valence-electron chi connectivity index (χ1n) is 6.78. The van der Waals surface area contributed by atoms with Gasteiger partial charge in [-0.05, 0) is 18.2 Å². The van der Waals surface area contributed by atoms with Crippen LogP contribution in [-0.2, 0) is 5.75 Å². The number of aromatic carboxylic acids is 1. The molecule has 0 atom stereocenters. The van der Waals surface area contributed by atoms with Gasteiger partial charge in [-0.25, -0.2) is 0 Å². The second-order valence-electron chi connectivity index (χ2n) is 4.69. The van der Waals surface area contributed by atoms with E-state index in [1.165, 1.54) is 11.8 Å². The molecule has 1 aliphatic heterocycles. The highest BCUT2D eigenvalue weighted by Gasteiger charge is 2.20. The number of hydrogen-bond acceptors (Lipinski definition) is 5. The molecule has 2 heterocycles. The lowest BCUT2D eigenvalue weighted by molar-refractivity contribution is -0.372. The number of pyridine rings is 1. The van der Waals surface area contributed by atoms with Crippen molar-refractivity contribution in [2.45, 2.75) is 10.6 Å². The second kappa shape index (κ2) is 7.65. The molecule has 0 aliphatic carbocycles. The van der Waals surface area contributed by atoms with Crippen molar-refractivity contribution in [1.29, 1.82) is 0 Å². The molecule has 0 spiro atoms. The fraction of sp³-hybridized carbons (Fsp3) is 0.200. The molecule has 0 unspecified atom stereocenters. The quantitative estimate of drug-likeness (QED) is 0.694. The summed E-state index contributed by atoms with van der Waals surface area (Å²) in [7, 11) is 0. The molecule has 5 N–H and O–H groups in total. The highest BCUT2D eigenvalue weighted by Crippen LogP contribution is 2.40. The van der Waals surface area contributed by atoms with Crippen molar-refractivity contribution in [2.24, 2.45) is 0 Å². The van der Waals surface area contributed by atoms with Crippen LogP contribution >= 0.6 is 23.4 Å². The molecule has 0 bridgehead atoms. The van der Waals surface area contributed by atoms with Gasteiger partial charge < -0.3 is 25.7 Å². The number of aromatic nitrogens is 1. The molecule has 23 heavy (non-hydrogen) atoms. The number of aliphatic hydroxyl groups is 1. The Hall–Kier alpha value is -1.80. The number of benzene rings is 1. The second-order valence-corrected chi connectivity index (χ2v) is 6.15. The number of carboxylic acid groups (broad SMARTS) is 1. The number of fused-ring (bicyclic) bond motifs is 3. The van der Waals surface area contributed by atoms with Crippen LogP contribution in [0, 0.1) is 0 Å². The van der Waals surface area contributed by atoms with Gasteiger partial charge in [0.25, 0.3) is 0 Å². The smallest absolute Gasteiger partial charge is 0.186 e. The van der Waals surface area contributed by atoms with E-state index in [1.807, 2.05) is 6.07 Å².